The van der Waals surface area contributed by atoms with Crippen molar-refractivity contribution in [3.05, 3.63) is 53.8 Å². The van der Waals surface area contributed by atoms with Crippen LogP contribution in [-0.4, -0.2) is 18.2 Å². The Bertz CT molecular complexity index is 785. The SMILES string of the molecule is CC(C)(C)OC(=O)NC[C@@H]1Oc2ccc(F)cc2Oc2ccccc21. The molecule has 1 amide bonds. The summed E-state index contributed by atoms with van der Waals surface area (Å²) in [6.07, 6.45) is -1.02. The number of carbonyl (C=O) groups excluding carboxylic acids is 1. The van der Waals surface area contributed by atoms with Crippen molar-refractivity contribution >= 4 is 6.09 Å². The van der Waals surface area contributed by atoms with E-state index in [2.05, 4.69) is 5.32 Å². The minimum atomic E-state index is -0.584. The van der Waals surface area contributed by atoms with E-state index in [0.717, 1.165) is 5.56 Å². The summed E-state index contributed by atoms with van der Waals surface area (Å²) in [4.78, 5) is 11.9. The summed E-state index contributed by atoms with van der Waals surface area (Å²) >= 11 is 0. The van der Waals surface area contributed by atoms with Crippen molar-refractivity contribution in [3.8, 4) is 17.2 Å². The quantitative estimate of drug-likeness (QED) is 0.866. The number of ether oxygens (including phenoxy) is 3. The van der Waals surface area contributed by atoms with Crippen LogP contribution in [0.25, 0.3) is 0 Å². The average molecular weight is 345 g/mol. The number of rotatable bonds is 2. The molecule has 2 aromatic carbocycles. The predicted octanol–water partition coefficient (Wildman–Crippen LogP) is 4.58. The van der Waals surface area contributed by atoms with E-state index in [0.29, 0.717) is 17.2 Å². The van der Waals surface area contributed by atoms with E-state index >= 15 is 0 Å². The molecule has 3 rings (SSSR count). The van der Waals surface area contributed by atoms with Crippen molar-refractivity contribution in [3.63, 3.8) is 0 Å². The van der Waals surface area contributed by atoms with Crippen molar-refractivity contribution in [2.24, 2.45) is 0 Å². The number of benzene rings is 2. The first kappa shape index (κ1) is 17.1. The molecule has 1 heterocycles. The monoisotopic (exact) mass is 345 g/mol. The van der Waals surface area contributed by atoms with E-state index in [1.54, 1.807) is 26.8 Å². The van der Waals surface area contributed by atoms with Crippen LogP contribution in [0.15, 0.2) is 42.5 Å². The third-order valence-electron chi connectivity index (χ3n) is 3.49. The molecule has 1 aliphatic rings. The second kappa shape index (κ2) is 6.63. The zero-order valence-corrected chi connectivity index (χ0v) is 14.3. The molecule has 0 aliphatic carbocycles. The number of para-hydroxylation sites is 1. The van der Waals surface area contributed by atoms with Crippen LogP contribution in [0.4, 0.5) is 9.18 Å². The van der Waals surface area contributed by atoms with Crippen LogP contribution >= 0.6 is 0 Å². The van der Waals surface area contributed by atoms with Crippen LogP contribution in [0, 0.1) is 5.82 Å². The Morgan fingerprint density at radius 3 is 2.68 bits per heavy atom. The van der Waals surface area contributed by atoms with Gasteiger partial charge in [0, 0.05) is 11.6 Å². The molecule has 0 radical (unpaired) electrons. The molecule has 2 aromatic rings. The van der Waals surface area contributed by atoms with Gasteiger partial charge in [-0.05, 0) is 39.0 Å². The topological polar surface area (TPSA) is 56.8 Å². The van der Waals surface area contributed by atoms with Gasteiger partial charge in [-0.3, -0.25) is 0 Å². The van der Waals surface area contributed by atoms with E-state index in [-0.39, 0.29) is 6.54 Å². The number of hydrogen-bond acceptors (Lipinski definition) is 4. The van der Waals surface area contributed by atoms with Crippen LogP contribution in [0.2, 0.25) is 0 Å². The largest absolute Gasteiger partial charge is 0.480 e. The minimum Gasteiger partial charge on any atom is -0.480 e. The van der Waals surface area contributed by atoms with Crippen LogP contribution < -0.4 is 14.8 Å². The first-order valence-corrected chi connectivity index (χ1v) is 8.02. The van der Waals surface area contributed by atoms with Gasteiger partial charge < -0.3 is 19.5 Å². The van der Waals surface area contributed by atoms with Crippen LogP contribution in [-0.2, 0) is 4.74 Å². The highest BCUT2D eigenvalue weighted by molar-refractivity contribution is 5.67. The molecule has 0 saturated carbocycles. The molecule has 1 atom stereocenters. The fraction of sp³-hybridized carbons (Fsp3) is 0.316. The Kier molecular flexibility index (Phi) is 4.53. The molecule has 0 bridgehead atoms. The minimum absolute atomic E-state index is 0.187. The second-order valence-electron chi connectivity index (χ2n) is 6.72. The molecular weight excluding hydrogens is 325 g/mol. The summed E-state index contributed by atoms with van der Waals surface area (Å²) in [7, 11) is 0. The summed E-state index contributed by atoms with van der Waals surface area (Å²) in [6.45, 7) is 5.57. The van der Waals surface area contributed by atoms with Crippen LogP contribution in [0.1, 0.15) is 32.4 Å². The van der Waals surface area contributed by atoms with Crippen molar-refractivity contribution in [1.29, 1.82) is 0 Å². The van der Waals surface area contributed by atoms with Gasteiger partial charge in [0.1, 0.15) is 23.3 Å². The van der Waals surface area contributed by atoms with Gasteiger partial charge in [0.05, 0.1) is 6.54 Å². The molecule has 5 nitrogen and oxygen atoms in total. The van der Waals surface area contributed by atoms with Crippen molar-refractivity contribution in [2.75, 3.05) is 6.54 Å². The molecule has 1 N–H and O–H groups in total. The molecule has 6 heteroatoms. The highest BCUT2D eigenvalue weighted by atomic mass is 19.1. The van der Waals surface area contributed by atoms with E-state index in [9.17, 15) is 9.18 Å². The van der Waals surface area contributed by atoms with Gasteiger partial charge in [-0.1, -0.05) is 18.2 Å². The summed E-state index contributed by atoms with van der Waals surface area (Å²) in [5.74, 6) is 0.855. The molecule has 0 fully saturated rings. The highest BCUT2D eigenvalue weighted by Gasteiger charge is 2.26. The van der Waals surface area contributed by atoms with E-state index < -0.39 is 23.6 Å². The van der Waals surface area contributed by atoms with E-state index in [1.165, 1.54) is 18.2 Å². The van der Waals surface area contributed by atoms with Crippen LogP contribution in [0.5, 0.6) is 17.2 Å². The van der Waals surface area contributed by atoms with Gasteiger partial charge in [-0.25, -0.2) is 9.18 Å². The highest BCUT2D eigenvalue weighted by Crippen LogP contribution is 2.41. The van der Waals surface area contributed by atoms with Gasteiger partial charge in [-0.15, -0.1) is 0 Å². The maximum absolute atomic E-state index is 13.5. The number of fused-ring (bicyclic) bond motifs is 2. The number of amides is 1. The zero-order chi connectivity index (χ0) is 18.0. The summed E-state index contributed by atoms with van der Waals surface area (Å²) in [5, 5.41) is 2.70. The smallest absolute Gasteiger partial charge is 0.407 e. The van der Waals surface area contributed by atoms with Crippen molar-refractivity contribution < 1.29 is 23.4 Å². The first-order valence-electron chi connectivity index (χ1n) is 8.02. The third kappa shape index (κ3) is 4.21. The van der Waals surface area contributed by atoms with Crippen molar-refractivity contribution in [2.45, 2.75) is 32.5 Å². The molecule has 25 heavy (non-hydrogen) atoms. The van der Waals surface area contributed by atoms with Gasteiger partial charge in [0.2, 0.25) is 0 Å². The van der Waals surface area contributed by atoms with Gasteiger partial charge in [0.15, 0.2) is 11.5 Å². The molecule has 132 valence electrons. The molecule has 0 aromatic heterocycles. The Hall–Kier alpha value is -2.76. The molecule has 0 spiro atoms. The Balaban J connectivity index is 1.83. The molecule has 1 aliphatic heterocycles. The van der Waals surface area contributed by atoms with Crippen molar-refractivity contribution in [1.82, 2.24) is 5.32 Å². The maximum atomic E-state index is 13.5. The predicted molar refractivity (Wildman–Crippen MR) is 90.5 cm³/mol. The van der Waals surface area contributed by atoms with E-state index in [4.69, 9.17) is 14.2 Å². The first-order chi connectivity index (χ1) is 11.8. The molecule has 0 unspecified atom stereocenters. The lowest BCUT2D eigenvalue weighted by molar-refractivity contribution is 0.0501. The number of alkyl carbamates (subject to hydrolysis) is 1. The summed E-state index contributed by atoms with van der Waals surface area (Å²) < 4.78 is 30.5. The summed E-state index contributed by atoms with van der Waals surface area (Å²) in [6, 6.07) is 11.4. The Labute approximate surface area is 145 Å². The fourth-order valence-electron chi connectivity index (χ4n) is 2.48. The lowest BCUT2D eigenvalue weighted by atomic mass is 10.1. The normalized spacial score (nSPS) is 15.8. The molecule has 0 saturated heterocycles. The van der Waals surface area contributed by atoms with Gasteiger partial charge in [0.25, 0.3) is 0 Å². The van der Waals surface area contributed by atoms with Gasteiger partial charge >= 0.3 is 6.09 Å². The summed E-state index contributed by atoms with van der Waals surface area (Å²) in [5.41, 5.74) is 0.176. The average Bonchev–Trinajstić information content (AvgIpc) is 2.67. The number of halogens is 1. The number of carbonyl (C=O) groups is 1. The fourth-order valence-corrected chi connectivity index (χ4v) is 2.48. The Morgan fingerprint density at radius 2 is 1.92 bits per heavy atom. The third-order valence-corrected chi connectivity index (χ3v) is 3.49. The standard InChI is InChI=1S/C19H20FNO4/c1-19(2,3)25-18(22)21-11-17-13-6-4-5-7-14(13)23-16-10-12(20)8-9-15(16)24-17/h4-10,17H,11H2,1-3H3,(H,21,22)/t17-/m0/s1. The van der Waals surface area contributed by atoms with Gasteiger partial charge in [-0.2, -0.15) is 0 Å². The second-order valence-corrected chi connectivity index (χ2v) is 6.72. The lowest BCUT2D eigenvalue weighted by Crippen LogP contribution is -2.35. The van der Waals surface area contributed by atoms with Crippen LogP contribution in [0.3, 0.4) is 0 Å². The number of hydrogen-bond donors (Lipinski definition) is 1. The Morgan fingerprint density at radius 1 is 1.16 bits per heavy atom. The zero-order valence-electron chi connectivity index (χ0n) is 14.3. The van der Waals surface area contributed by atoms with E-state index in [1.807, 2.05) is 18.2 Å². The number of nitrogens with one attached hydrogen (secondary N) is 1. The molecular formula is C19H20FNO4. The maximum Gasteiger partial charge on any atom is 0.407 e. The lowest BCUT2D eigenvalue weighted by Gasteiger charge is -2.22.